The Labute approximate surface area is 168 Å². The predicted octanol–water partition coefficient (Wildman–Crippen LogP) is 2.30. The van der Waals surface area contributed by atoms with Crippen molar-refractivity contribution in [3.8, 4) is 0 Å². The van der Waals surface area contributed by atoms with Gasteiger partial charge in [-0.2, -0.15) is 0 Å². The summed E-state index contributed by atoms with van der Waals surface area (Å²) in [6.45, 7) is 4.60. The third-order valence-corrected chi connectivity index (χ3v) is 5.88. The second kappa shape index (κ2) is 10.8. The molecule has 0 saturated heterocycles. The van der Waals surface area contributed by atoms with E-state index in [0.29, 0.717) is 29.7 Å². The zero-order chi connectivity index (χ0) is 20.6. The Bertz CT molecular complexity index is 761. The zero-order valence-corrected chi connectivity index (χ0v) is 18.0. The average Bonchev–Trinajstić information content (AvgIpc) is 3.15. The summed E-state index contributed by atoms with van der Waals surface area (Å²) in [5, 5.41) is 6.50. The van der Waals surface area contributed by atoms with Crippen molar-refractivity contribution >= 4 is 15.8 Å². The number of likely N-dealkylation sites (N-methyl/N-ethyl adjacent to an activating group) is 1. The van der Waals surface area contributed by atoms with Gasteiger partial charge in [-0.1, -0.05) is 18.9 Å². The van der Waals surface area contributed by atoms with Gasteiger partial charge in [-0.15, -0.1) is 0 Å². The summed E-state index contributed by atoms with van der Waals surface area (Å²) >= 11 is 0. The topological polar surface area (TPSA) is 73.8 Å². The van der Waals surface area contributed by atoms with Gasteiger partial charge < -0.3 is 15.5 Å². The first kappa shape index (κ1) is 22.6. The van der Waals surface area contributed by atoms with Gasteiger partial charge in [-0.05, 0) is 50.1 Å². The van der Waals surface area contributed by atoms with Crippen molar-refractivity contribution < 1.29 is 12.8 Å². The van der Waals surface area contributed by atoms with Gasteiger partial charge in [0.05, 0.1) is 12.3 Å². The fraction of sp³-hybridized carbons (Fsp3) is 0.650. The number of benzene rings is 1. The molecule has 1 aliphatic rings. The zero-order valence-electron chi connectivity index (χ0n) is 17.2. The highest BCUT2D eigenvalue weighted by Gasteiger charge is 2.18. The van der Waals surface area contributed by atoms with Crippen molar-refractivity contribution in [2.24, 2.45) is 4.99 Å². The molecule has 0 unspecified atom stereocenters. The number of guanidine groups is 1. The molecule has 0 amide bonds. The summed E-state index contributed by atoms with van der Waals surface area (Å²) in [5.41, 5.74) is 1.18. The van der Waals surface area contributed by atoms with Crippen LogP contribution in [-0.2, 0) is 22.1 Å². The summed E-state index contributed by atoms with van der Waals surface area (Å²) in [4.78, 5) is 6.91. The Morgan fingerprint density at radius 1 is 1.25 bits per heavy atom. The third kappa shape index (κ3) is 7.75. The fourth-order valence-corrected chi connectivity index (χ4v) is 4.40. The van der Waals surface area contributed by atoms with Gasteiger partial charge in [0.2, 0.25) is 0 Å². The summed E-state index contributed by atoms with van der Waals surface area (Å²) in [7, 11) is -1.04. The van der Waals surface area contributed by atoms with Crippen molar-refractivity contribution in [3.05, 3.63) is 35.1 Å². The summed E-state index contributed by atoms with van der Waals surface area (Å²) < 4.78 is 36.9. The highest BCUT2D eigenvalue weighted by molar-refractivity contribution is 7.89. The fourth-order valence-electron chi connectivity index (χ4n) is 3.55. The van der Waals surface area contributed by atoms with Crippen LogP contribution in [0.3, 0.4) is 0 Å². The van der Waals surface area contributed by atoms with E-state index in [1.54, 1.807) is 0 Å². The predicted molar refractivity (Wildman–Crippen MR) is 113 cm³/mol. The average molecular weight is 413 g/mol. The molecule has 0 spiro atoms. The van der Waals surface area contributed by atoms with E-state index in [2.05, 4.69) is 27.6 Å². The van der Waals surface area contributed by atoms with Crippen molar-refractivity contribution in [1.82, 2.24) is 15.5 Å². The lowest BCUT2D eigenvalue weighted by atomic mass is 10.1. The molecule has 1 saturated carbocycles. The Hall–Kier alpha value is -1.67. The molecule has 0 atom stereocenters. The molecule has 6 nitrogen and oxygen atoms in total. The highest BCUT2D eigenvalue weighted by atomic mass is 32.2. The highest BCUT2D eigenvalue weighted by Crippen LogP contribution is 2.21. The van der Waals surface area contributed by atoms with E-state index in [4.69, 9.17) is 0 Å². The molecule has 0 radical (unpaired) electrons. The number of nitrogens with one attached hydrogen (secondary N) is 2. The van der Waals surface area contributed by atoms with E-state index in [9.17, 15) is 12.8 Å². The number of nitrogens with zero attached hydrogens (tertiary/aromatic N) is 2. The molecule has 1 aliphatic carbocycles. The largest absolute Gasteiger partial charge is 0.357 e. The first-order valence-electron chi connectivity index (χ1n) is 9.96. The molecule has 158 valence electrons. The number of halogens is 1. The van der Waals surface area contributed by atoms with Gasteiger partial charge in [0.1, 0.15) is 5.82 Å². The van der Waals surface area contributed by atoms with Gasteiger partial charge in [-0.3, -0.25) is 0 Å². The lowest BCUT2D eigenvalue weighted by Gasteiger charge is -2.24. The van der Waals surface area contributed by atoms with Crippen LogP contribution in [0.5, 0.6) is 0 Å². The van der Waals surface area contributed by atoms with Gasteiger partial charge in [0.25, 0.3) is 0 Å². The van der Waals surface area contributed by atoms with E-state index >= 15 is 0 Å². The number of hydrogen-bond acceptors (Lipinski definition) is 4. The first-order valence-corrected chi connectivity index (χ1v) is 12.0. The van der Waals surface area contributed by atoms with E-state index in [0.717, 1.165) is 13.1 Å². The lowest BCUT2D eigenvalue weighted by molar-refractivity contribution is 0.249. The molecule has 8 heteroatoms. The minimum atomic E-state index is -3.20. The lowest BCUT2D eigenvalue weighted by Crippen LogP contribution is -2.42. The molecular weight excluding hydrogens is 379 g/mol. The minimum Gasteiger partial charge on any atom is -0.357 e. The molecule has 0 bridgehead atoms. The van der Waals surface area contributed by atoms with Gasteiger partial charge >= 0.3 is 0 Å². The Balaban J connectivity index is 1.98. The Kier molecular flexibility index (Phi) is 8.69. The van der Waals surface area contributed by atoms with Crippen LogP contribution in [0.25, 0.3) is 0 Å². The molecular formula is C20H33FN4O2S. The van der Waals surface area contributed by atoms with Gasteiger partial charge in [0.15, 0.2) is 15.8 Å². The maximum atomic E-state index is 13.7. The van der Waals surface area contributed by atoms with E-state index < -0.39 is 15.7 Å². The maximum Gasteiger partial charge on any atom is 0.191 e. The van der Waals surface area contributed by atoms with Crippen LogP contribution in [-0.4, -0.2) is 58.3 Å². The van der Waals surface area contributed by atoms with Crippen LogP contribution < -0.4 is 10.6 Å². The van der Waals surface area contributed by atoms with Crippen molar-refractivity contribution in [1.29, 1.82) is 0 Å². The van der Waals surface area contributed by atoms with E-state index in [1.807, 2.05) is 6.92 Å². The van der Waals surface area contributed by atoms with Crippen molar-refractivity contribution in [3.63, 3.8) is 0 Å². The second-order valence-corrected chi connectivity index (χ2v) is 9.66. The monoisotopic (exact) mass is 412 g/mol. The quantitative estimate of drug-likeness (QED) is 0.481. The van der Waals surface area contributed by atoms with Crippen LogP contribution in [0.4, 0.5) is 4.39 Å². The number of rotatable bonds is 9. The molecule has 2 rings (SSSR count). The van der Waals surface area contributed by atoms with Crippen LogP contribution in [0.2, 0.25) is 0 Å². The van der Waals surface area contributed by atoms with Gasteiger partial charge in [-0.25, -0.2) is 17.8 Å². The molecule has 28 heavy (non-hydrogen) atoms. The number of hydrogen-bond donors (Lipinski definition) is 2. The molecule has 0 aliphatic heterocycles. The third-order valence-electron chi connectivity index (χ3n) is 5.04. The molecule has 1 aromatic carbocycles. The second-order valence-electron chi connectivity index (χ2n) is 7.52. The molecule has 1 aromatic rings. The molecule has 1 fully saturated rings. The smallest absolute Gasteiger partial charge is 0.191 e. The minimum absolute atomic E-state index is 0.117. The van der Waals surface area contributed by atoms with Crippen molar-refractivity contribution in [2.45, 2.75) is 50.9 Å². The maximum absolute atomic E-state index is 13.7. The van der Waals surface area contributed by atoms with Crippen LogP contribution in [0.1, 0.15) is 43.7 Å². The van der Waals surface area contributed by atoms with Crippen LogP contribution >= 0.6 is 0 Å². The number of sulfone groups is 1. The summed E-state index contributed by atoms with van der Waals surface area (Å²) in [6, 6.07) is 4.85. The molecule has 2 N–H and O–H groups in total. The molecule has 0 aromatic heterocycles. The van der Waals surface area contributed by atoms with E-state index in [-0.39, 0.29) is 12.3 Å². The Morgan fingerprint density at radius 2 is 1.96 bits per heavy atom. The Morgan fingerprint density at radius 3 is 2.61 bits per heavy atom. The molecule has 0 heterocycles. The normalized spacial score (nSPS) is 16.0. The van der Waals surface area contributed by atoms with Crippen LogP contribution in [0, 0.1) is 5.82 Å². The SMILES string of the molecule is CCNC(=NCc1cc(F)ccc1CS(C)(=O)=O)NCCN(C)C1CCCC1. The van der Waals surface area contributed by atoms with E-state index in [1.165, 1.54) is 50.1 Å². The summed E-state index contributed by atoms with van der Waals surface area (Å²) in [6.07, 6.45) is 6.35. The first-order chi connectivity index (χ1) is 13.3. The van der Waals surface area contributed by atoms with Crippen molar-refractivity contribution in [2.75, 3.05) is 32.9 Å². The van der Waals surface area contributed by atoms with Crippen LogP contribution in [0.15, 0.2) is 23.2 Å². The van der Waals surface area contributed by atoms with Gasteiger partial charge in [0, 0.05) is 31.9 Å². The number of aliphatic imine (C=N–C) groups is 1. The standard InChI is InChI=1S/C20H33FN4O2S/c1-4-22-20(23-11-12-25(2)19-7-5-6-8-19)24-14-17-13-18(21)10-9-16(17)15-28(3,26)27/h9-10,13,19H,4-8,11-12,14-15H2,1-3H3,(H2,22,23,24). The summed E-state index contributed by atoms with van der Waals surface area (Å²) in [5.74, 6) is 0.143.